The number of halogens is 1. The highest BCUT2D eigenvalue weighted by atomic mass is 35.5. The molecule has 0 spiro atoms. The molecule has 3 amide bonds. The van der Waals surface area contributed by atoms with Gasteiger partial charge < -0.3 is 20.7 Å². The SMILES string of the molecule is O=C(Nc1ccccc1)N[C@@H]1CCCC[C@@H]1NC(=O)c1csc(COc2ccc(Cl)cc2)n1. The van der Waals surface area contributed by atoms with E-state index in [1.807, 2.05) is 30.3 Å². The molecule has 0 aliphatic heterocycles. The maximum Gasteiger partial charge on any atom is 0.319 e. The van der Waals surface area contributed by atoms with Crippen LogP contribution >= 0.6 is 22.9 Å². The highest BCUT2D eigenvalue weighted by molar-refractivity contribution is 7.09. The van der Waals surface area contributed by atoms with Crippen LogP contribution in [-0.2, 0) is 6.61 Å². The van der Waals surface area contributed by atoms with Crippen LogP contribution in [0, 0.1) is 0 Å². The zero-order valence-electron chi connectivity index (χ0n) is 17.9. The van der Waals surface area contributed by atoms with Crippen LogP contribution in [0.4, 0.5) is 10.5 Å². The molecule has 9 heteroatoms. The lowest BCUT2D eigenvalue weighted by atomic mass is 9.90. The fourth-order valence-corrected chi connectivity index (χ4v) is 4.54. The van der Waals surface area contributed by atoms with Gasteiger partial charge in [0.15, 0.2) is 0 Å². The Hall–Kier alpha value is -3.10. The van der Waals surface area contributed by atoms with Gasteiger partial charge in [0.05, 0.1) is 6.04 Å². The third-order valence-corrected chi connectivity index (χ3v) is 6.47. The second-order valence-electron chi connectivity index (χ2n) is 7.80. The first kappa shape index (κ1) is 23.1. The van der Waals surface area contributed by atoms with Crippen LogP contribution < -0.4 is 20.7 Å². The van der Waals surface area contributed by atoms with Crippen molar-refractivity contribution in [2.45, 2.75) is 44.4 Å². The van der Waals surface area contributed by atoms with E-state index in [1.165, 1.54) is 11.3 Å². The first-order valence-corrected chi connectivity index (χ1v) is 12.1. The second kappa shape index (κ2) is 11.2. The first-order valence-electron chi connectivity index (χ1n) is 10.8. The number of thiazole rings is 1. The van der Waals surface area contributed by atoms with Gasteiger partial charge in [-0.3, -0.25) is 4.79 Å². The minimum atomic E-state index is -0.275. The quantitative estimate of drug-likeness (QED) is 0.427. The summed E-state index contributed by atoms with van der Waals surface area (Å²) in [5, 5.41) is 12.0. The molecule has 4 rings (SSSR count). The molecule has 3 aromatic rings. The number of hydrogen-bond acceptors (Lipinski definition) is 5. The lowest BCUT2D eigenvalue weighted by molar-refractivity contribution is 0.0911. The van der Waals surface area contributed by atoms with Gasteiger partial charge in [0.25, 0.3) is 5.91 Å². The van der Waals surface area contributed by atoms with Gasteiger partial charge >= 0.3 is 6.03 Å². The molecule has 1 aliphatic rings. The van der Waals surface area contributed by atoms with Crippen LogP contribution in [0.3, 0.4) is 0 Å². The van der Waals surface area contributed by atoms with E-state index in [2.05, 4.69) is 20.9 Å². The number of carbonyl (C=O) groups excluding carboxylic acids is 2. The Bertz CT molecular complexity index is 1070. The fraction of sp³-hybridized carbons (Fsp3) is 0.292. The molecule has 7 nitrogen and oxygen atoms in total. The molecule has 2 aromatic carbocycles. The van der Waals surface area contributed by atoms with Crippen molar-refractivity contribution in [3.63, 3.8) is 0 Å². The number of nitrogens with zero attached hydrogens (tertiary/aromatic N) is 1. The topological polar surface area (TPSA) is 92.4 Å². The van der Waals surface area contributed by atoms with E-state index in [0.29, 0.717) is 21.5 Å². The Labute approximate surface area is 201 Å². The van der Waals surface area contributed by atoms with E-state index in [9.17, 15) is 9.59 Å². The van der Waals surface area contributed by atoms with Crippen LogP contribution in [0.2, 0.25) is 5.02 Å². The minimum absolute atomic E-state index is 0.141. The monoisotopic (exact) mass is 484 g/mol. The molecule has 1 aliphatic carbocycles. The fourth-order valence-electron chi connectivity index (χ4n) is 3.73. The normalized spacial score (nSPS) is 17.7. The number of urea groups is 1. The molecular weight excluding hydrogens is 460 g/mol. The number of anilines is 1. The lowest BCUT2D eigenvalue weighted by Gasteiger charge is -2.32. The van der Waals surface area contributed by atoms with Gasteiger partial charge in [0.1, 0.15) is 23.1 Å². The third kappa shape index (κ3) is 6.69. The van der Waals surface area contributed by atoms with Crippen LogP contribution in [0.25, 0.3) is 0 Å². The molecule has 0 bridgehead atoms. The number of amides is 3. The predicted molar refractivity (Wildman–Crippen MR) is 130 cm³/mol. The molecule has 0 saturated heterocycles. The molecule has 3 N–H and O–H groups in total. The summed E-state index contributed by atoms with van der Waals surface area (Å²) in [6.07, 6.45) is 3.62. The Kier molecular flexibility index (Phi) is 7.80. The molecule has 1 heterocycles. The lowest BCUT2D eigenvalue weighted by Crippen LogP contribution is -2.54. The molecule has 33 heavy (non-hydrogen) atoms. The number of para-hydroxylation sites is 1. The zero-order chi connectivity index (χ0) is 23.0. The van der Waals surface area contributed by atoms with Crippen molar-refractivity contribution >= 4 is 40.6 Å². The second-order valence-corrected chi connectivity index (χ2v) is 9.18. The van der Waals surface area contributed by atoms with Gasteiger partial charge in [-0.05, 0) is 49.2 Å². The molecule has 1 saturated carbocycles. The summed E-state index contributed by atoms with van der Waals surface area (Å²) in [6, 6.07) is 15.8. The van der Waals surface area contributed by atoms with E-state index >= 15 is 0 Å². The average molecular weight is 485 g/mol. The van der Waals surface area contributed by atoms with Crippen molar-refractivity contribution in [2.24, 2.45) is 0 Å². The van der Waals surface area contributed by atoms with Gasteiger partial charge in [0, 0.05) is 22.1 Å². The summed E-state index contributed by atoms with van der Waals surface area (Å²) < 4.78 is 5.70. The summed E-state index contributed by atoms with van der Waals surface area (Å²) in [7, 11) is 0. The smallest absolute Gasteiger partial charge is 0.319 e. The highest BCUT2D eigenvalue weighted by Crippen LogP contribution is 2.21. The summed E-state index contributed by atoms with van der Waals surface area (Å²) in [6.45, 7) is 0.271. The van der Waals surface area contributed by atoms with Gasteiger partial charge in [-0.2, -0.15) is 0 Å². The van der Waals surface area contributed by atoms with E-state index < -0.39 is 0 Å². The standard InChI is InChI=1S/C24H25ClN4O3S/c25-16-10-12-18(13-11-16)32-14-22-27-21(15-33-22)23(30)28-19-8-4-5-9-20(19)29-24(31)26-17-6-2-1-3-7-17/h1-3,6-7,10-13,15,19-20H,4-5,8-9,14H2,(H,28,30)(H2,26,29,31)/t19-,20+/m0/s1. The van der Waals surface area contributed by atoms with Gasteiger partial charge in [-0.25, -0.2) is 9.78 Å². The molecule has 0 unspecified atom stereocenters. The zero-order valence-corrected chi connectivity index (χ0v) is 19.5. The maximum absolute atomic E-state index is 12.8. The minimum Gasteiger partial charge on any atom is -0.486 e. The number of carbonyl (C=O) groups is 2. The van der Waals surface area contributed by atoms with Crippen LogP contribution in [0.1, 0.15) is 41.2 Å². The number of aromatic nitrogens is 1. The summed E-state index contributed by atoms with van der Waals surface area (Å²) in [4.78, 5) is 29.6. The van der Waals surface area contributed by atoms with E-state index in [-0.39, 0.29) is 30.6 Å². The Morgan fingerprint density at radius 3 is 2.42 bits per heavy atom. The predicted octanol–water partition coefficient (Wildman–Crippen LogP) is 5.24. The van der Waals surface area contributed by atoms with Crippen molar-refractivity contribution in [1.82, 2.24) is 15.6 Å². The third-order valence-electron chi connectivity index (χ3n) is 5.39. The van der Waals surface area contributed by atoms with Crippen molar-refractivity contribution in [1.29, 1.82) is 0 Å². The molecule has 1 aromatic heterocycles. The summed E-state index contributed by atoms with van der Waals surface area (Å²) >= 11 is 7.26. The highest BCUT2D eigenvalue weighted by Gasteiger charge is 2.28. The van der Waals surface area contributed by atoms with Crippen molar-refractivity contribution in [3.05, 3.63) is 75.7 Å². The van der Waals surface area contributed by atoms with Crippen LogP contribution in [0.5, 0.6) is 5.75 Å². The number of benzene rings is 2. The number of ether oxygens (including phenoxy) is 1. The molecular formula is C24H25ClN4O3S. The Morgan fingerprint density at radius 1 is 1.00 bits per heavy atom. The molecule has 0 radical (unpaired) electrons. The molecule has 2 atom stereocenters. The summed E-state index contributed by atoms with van der Waals surface area (Å²) in [5.41, 5.74) is 1.08. The molecule has 172 valence electrons. The van der Waals surface area contributed by atoms with E-state index in [1.54, 1.807) is 29.6 Å². The number of rotatable bonds is 7. The first-order chi connectivity index (χ1) is 16.1. The maximum atomic E-state index is 12.8. The van der Waals surface area contributed by atoms with Crippen LogP contribution in [-0.4, -0.2) is 29.0 Å². The number of nitrogens with one attached hydrogen (secondary N) is 3. The Morgan fingerprint density at radius 2 is 1.70 bits per heavy atom. The van der Waals surface area contributed by atoms with Gasteiger partial charge in [0.2, 0.25) is 0 Å². The van der Waals surface area contributed by atoms with E-state index in [4.69, 9.17) is 16.3 Å². The van der Waals surface area contributed by atoms with Crippen molar-refractivity contribution in [2.75, 3.05) is 5.32 Å². The Balaban J connectivity index is 1.30. The summed E-state index contributed by atoms with van der Waals surface area (Å²) in [5.74, 6) is 0.441. The van der Waals surface area contributed by atoms with Gasteiger partial charge in [-0.1, -0.05) is 42.6 Å². The number of hydrogen-bond donors (Lipinski definition) is 3. The molecule has 1 fully saturated rings. The largest absolute Gasteiger partial charge is 0.486 e. The average Bonchev–Trinajstić information content (AvgIpc) is 3.30. The van der Waals surface area contributed by atoms with Crippen LogP contribution in [0.15, 0.2) is 60.0 Å². The van der Waals surface area contributed by atoms with E-state index in [0.717, 1.165) is 31.4 Å². The van der Waals surface area contributed by atoms with Gasteiger partial charge in [-0.15, -0.1) is 11.3 Å². The van der Waals surface area contributed by atoms with Crippen molar-refractivity contribution in [3.8, 4) is 5.75 Å². The van der Waals surface area contributed by atoms with Crippen molar-refractivity contribution < 1.29 is 14.3 Å².